The second-order valence-electron chi connectivity index (χ2n) is 5.29. The molecular weight excluding hydrogens is 244 g/mol. The highest BCUT2D eigenvalue weighted by atomic mass is 16.4. The first-order valence-electron chi connectivity index (χ1n) is 6.09. The van der Waals surface area contributed by atoms with Crippen molar-refractivity contribution in [3.8, 4) is 0 Å². The molecule has 0 aliphatic rings. The van der Waals surface area contributed by atoms with Crippen molar-refractivity contribution in [2.24, 2.45) is 5.73 Å². The second kappa shape index (κ2) is 5.84. The van der Waals surface area contributed by atoms with Crippen LogP contribution in [-0.4, -0.2) is 29.6 Å². The molecule has 1 aromatic rings. The van der Waals surface area contributed by atoms with Gasteiger partial charge in [0.2, 0.25) is 5.91 Å². The van der Waals surface area contributed by atoms with Gasteiger partial charge in [0.1, 0.15) is 0 Å². The minimum atomic E-state index is -0.981. The highest BCUT2D eigenvalue weighted by molar-refractivity contribution is 5.94. The first-order chi connectivity index (χ1) is 8.70. The van der Waals surface area contributed by atoms with Gasteiger partial charge in [-0.2, -0.15) is 0 Å². The summed E-state index contributed by atoms with van der Waals surface area (Å²) in [4.78, 5) is 24.2. The van der Waals surface area contributed by atoms with Crippen molar-refractivity contribution in [3.05, 3.63) is 29.8 Å². The summed E-state index contributed by atoms with van der Waals surface area (Å²) >= 11 is 0. The van der Waals surface area contributed by atoms with Crippen LogP contribution in [-0.2, 0) is 4.79 Å². The smallest absolute Gasteiger partial charge is 0.335 e. The number of carboxylic acids is 1. The molecule has 3 N–H and O–H groups in total. The van der Waals surface area contributed by atoms with Gasteiger partial charge >= 0.3 is 5.97 Å². The van der Waals surface area contributed by atoms with E-state index in [0.717, 1.165) is 0 Å². The van der Waals surface area contributed by atoms with Crippen LogP contribution in [0, 0.1) is 0 Å². The predicted molar refractivity (Wildman–Crippen MR) is 74.3 cm³/mol. The molecule has 5 nitrogen and oxygen atoms in total. The molecule has 0 saturated carbocycles. The fourth-order valence-electron chi connectivity index (χ4n) is 1.57. The summed E-state index contributed by atoms with van der Waals surface area (Å²) in [6.07, 6.45) is 0.962. The van der Waals surface area contributed by atoms with Crippen LogP contribution in [0.1, 0.15) is 37.0 Å². The van der Waals surface area contributed by atoms with Crippen LogP contribution in [0.15, 0.2) is 24.3 Å². The molecule has 5 heteroatoms. The molecule has 0 spiro atoms. The van der Waals surface area contributed by atoms with Gasteiger partial charge in [-0.15, -0.1) is 0 Å². The second-order valence-corrected chi connectivity index (χ2v) is 5.29. The predicted octanol–water partition coefficient (Wildman–Crippen LogP) is 1.87. The highest BCUT2D eigenvalue weighted by Crippen LogP contribution is 2.16. The van der Waals surface area contributed by atoms with Crippen molar-refractivity contribution >= 4 is 17.6 Å². The Balaban J connectivity index is 2.69. The van der Waals surface area contributed by atoms with Gasteiger partial charge in [0.15, 0.2) is 0 Å². The Morgan fingerprint density at radius 2 is 1.79 bits per heavy atom. The first-order valence-corrected chi connectivity index (χ1v) is 6.09. The molecule has 104 valence electrons. The summed E-state index contributed by atoms with van der Waals surface area (Å²) in [5, 5.41) is 8.80. The molecule has 0 heterocycles. The molecule has 0 unspecified atom stereocenters. The van der Waals surface area contributed by atoms with Crippen LogP contribution in [0.3, 0.4) is 0 Å². The monoisotopic (exact) mass is 264 g/mol. The number of nitrogens with two attached hydrogens (primary N) is 1. The molecule has 0 radical (unpaired) electrons. The summed E-state index contributed by atoms with van der Waals surface area (Å²) in [5.74, 6) is -1.02. The van der Waals surface area contributed by atoms with E-state index in [2.05, 4.69) is 0 Å². The van der Waals surface area contributed by atoms with E-state index in [1.807, 2.05) is 13.8 Å². The van der Waals surface area contributed by atoms with E-state index >= 15 is 0 Å². The molecule has 0 aliphatic heterocycles. The maximum Gasteiger partial charge on any atom is 0.335 e. The van der Waals surface area contributed by atoms with Crippen LogP contribution >= 0.6 is 0 Å². The summed E-state index contributed by atoms with van der Waals surface area (Å²) in [6.45, 7) is 3.75. The zero-order valence-electron chi connectivity index (χ0n) is 11.5. The Morgan fingerprint density at radius 3 is 2.21 bits per heavy atom. The van der Waals surface area contributed by atoms with Crippen molar-refractivity contribution in [2.45, 2.75) is 32.2 Å². The molecule has 1 amide bonds. The largest absolute Gasteiger partial charge is 0.478 e. The highest BCUT2D eigenvalue weighted by Gasteiger charge is 2.16. The topological polar surface area (TPSA) is 83.6 Å². The molecule has 0 aromatic heterocycles. The number of aromatic carboxylic acids is 1. The maximum absolute atomic E-state index is 12.0. The van der Waals surface area contributed by atoms with Gasteiger partial charge in [0.05, 0.1) is 5.56 Å². The van der Waals surface area contributed by atoms with Gasteiger partial charge in [-0.05, 0) is 44.5 Å². The molecule has 0 fully saturated rings. The van der Waals surface area contributed by atoms with Gasteiger partial charge in [0, 0.05) is 24.7 Å². The first kappa shape index (κ1) is 15.2. The number of anilines is 1. The average molecular weight is 264 g/mol. The lowest BCUT2D eigenvalue weighted by atomic mass is 10.00. The Kier molecular flexibility index (Phi) is 4.67. The van der Waals surface area contributed by atoms with E-state index in [-0.39, 0.29) is 17.0 Å². The zero-order chi connectivity index (χ0) is 14.6. The van der Waals surface area contributed by atoms with Gasteiger partial charge in [-0.1, -0.05) is 0 Å². The van der Waals surface area contributed by atoms with Crippen molar-refractivity contribution in [2.75, 3.05) is 11.9 Å². The number of hydrogen-bond acceptors (Lipinski definition) is 3. The number of amides is 1. The molecule has 0 saturated heterocycles. The minimum absolute atomic E-state index is 0.0402. The van der Waals surface area contributed by atoms with Crippen LogP contribution in [0.5, 0.6) is 0 Å². The van der Waals surface area contributed by atoms with Crippen LogP contribution in [0.25, 0.3) is 0 Å². The van der Waals surface area contributed by atoms with Gasteiger partial charge in [-0.3, -0.25) is 4.79 Å². The Morgan fingerprint density at radius 1 is 1.26 bits per heavy atom. The number of benzene rings is 1. The third kappa shape index (κ3) is 4.71. The van der Waals surface area contributed by atoms with E-state index in [1.54, 1.807) is 19.2 Å². The van der Waals surface area contributed by atoms with Crippen LogP contribution in [0.4, 0.5) is 5.69 Å². The van der Waals surface area contributed by atoms with Gasteiger partial charge in [0.25, 0.3) is 0 Å². The molecule has 0 bridgehead atoms. The zero-order valence-corrected chi connectivity index (χ0v) is 11.5. The number of carbonyl (C=O) groups is 2. The lowest BCUT2D eigenvalue weighted by molar-refractivity contribution is -0.118. The average Bonchev–Trinajstić information content (AvgIpc) is 2.34. The molecule has 0 atom stereocenters. The minimum Gasteiger partial charge on any atom is -0.478 e. The number of nitrogens with zero attached hydrogens (tertiary/aromatic N) is 1. The SMILES string of the molecule is CN(C(=O)CCC(C)(C)N)c1ccc(C(=O)O)cc1. The standard InChI is InChI=1S/C14H20N2O3/c1-14(2,15)9-8-12(17)16(3)11-6-4-10(5-7-11)13(18)19/h4-7H,8-9,15H2,1-3H3,(H,18,19). The van der Waals surface area contributed by atoms with Gasteiger partial charge in [-0.25, -0.2) is 4.79 Å². The number of rotatable bonds is 5. The Labute approximate surface area is 113 Å². The van der Waals surface area contributed by atoms with E-state index in [9.17, 15) is 9.59 Å². The van der Waals surface area contributed by atoms with Crippen molar-refractivity contribution in [1.82, 2.24) is 0 Å². The summed E-state index contributed by atoms with van der Waals surface area (Å²) < 4.78 is 0. The number of hydrogen-bond donors (Lipinski definition) is 2. The Hall–Kier alpha value is -1.88. The van der Waals surface area contributed by atoms with Crippen molar-refractivity contribution < 1.29 is 14.7 Å². The molecule has 1 aromatic carbocycles. The number of carboxylic acid groups (broad SMARTS) is 1. The maximum atomic E-state index is 12.0. The number of carbonyl (C=O) groups excluding carboxylic acids is 1. The van der Waals surface area contributed by atoms with Gasteiger partial charge < -0.3 is 15.7 Å². The fourth-order valence-corrected chi connectivity index (χ4v) is 1.57. The quantitative estimate of drug-likeness (QED) is 0.850. The van der Waals surface area contributed by atoms with E-state index in [1.165, 1.54) is 17.0 Å². The normalized spacial score (nSPS) is 11.2. The lowest BCUT2D eigenvalue weighted by Crippen LogP contribution is -2.35. The summed E-state index contributed by atoms with van der Waals surface area (Å²) in [7, 11) is 1.67. The molecule has 1 rings (SSSR count). The van der Waals surface area contributed by atoms with Crippen LogP contribution < -0.4 is 10.6 Å². The fraction of sp³-hybridized carbons (Fsp3) is 0.429. The molecule has 0 aliphatic carbocycles. The van der Waals surface area contributed by atoms with E-state index < -0.39 is 5.97 Å². The van der Waals surface area contributed by atoms with Crippen LogP contribution in [0.2, 0.25) is 0 Å². The van der Waals surface area contributed by atoms with E-state index in [0.29, 0.717) is 18.5 Å². The Bertz CT molecular complexity index is 461. The summed E-state index contributed by atoms with van der Waals surface area (Å²) in [5.41, 5.74) is 6.34. The lowest BCUT2D eigenvalue weighted by Gasteiger charge is -2.21. The molecule has 19 heavy (non-hydrogen) atoms. The third-order valence-corrected chi connectivity index (χ3v) is 2.86. The van der Waals surface area contributed by atoms with E-state index in [4.69, 9.17) is 10.8 Å². The summed E-state index contributed by atoms with van der Waals surface area (Å²) in [6, 6.07) is 6.20. The van der Waals surface area contributed by atoms with Crippen molar-refractivity contribution in [3.63, 3.8) is 0 Å². The third-order valence-electron chi connectivity index (χ3n) is 2.86. The van der Waals surface area contributed by atoms with Crippen molar-refractivity contribution in [1.29, 1.82) is 0 Å². The molecular formula is C14H20N2O3.